The summed E-state index contributed by atoms with van der Waals surface area (Å²) in [7, 11) is 5.22. The number of hydrogen-bond acceptors (Lipinski definition) is 4. The lowest BCUT2D eigenvalue weighted by Gasteiger charge is -2.16. The predicted octanol–water partition coefficient (Wildman–Crippen LogP) is 0.618. The van der Waals surface area contributed by atoms with E-state index in [0.717, 1.165) is 23.1 Å². The molecule has 0 aromatic heterocycles. The molecule has 0 aliphatic heterocycles. The Hall–Kier alpha value is -0.973. The highest BCUT2D eigenvalue weighted by atomic mass is 28.1. The first-order valence-corrected chi connectivity index (χ1v) is 6.18. The van der Waals surface area contributed by atoms with Crippen molar-refractivity contribution in [2.24, 2.45) is 0 Å². The van der Waals surface area contributed by atoms with Crippen molar-refractivity contribution in [2.75, 3.05) is 21.3 Å². The van der Waals surface area contributed by atoms with Gasteiger partial charge in [-0.1, -0.05) is 13.3 Å². The van der Waals surface area contributed by atoms with E-state index < -0.39 is 0 Å². The van der Waals surface area contributed by atoms with Gasteiger partial charge in [0.2, 0.25) is 0 Å². The molecule has 0 spiro atoms. The van der Waals surface area contributed by atoms with Crippen molar-refractivity contribution in [1.82, 2.24) is 0 Å². The van der Waals surface area contributed by atoms with Crippen molar-refractivity contribution in [2.45, 2.75) is 25.3 Å². The lowest BCUT2D eigenvalue weighted by molar-refractivity contribution is -0.137. The topological polar surface area (TPSA) is 44.8 Å². The van der Waals surface area contributed by atoms with E-state index in [9.17, 15) is 4.79 Å². The van der Waals surface area contributed by atoms with Crippen LogP contribution in [0.3, 0.4) is 0 Å². The Morgan fingerprint density at radius 2 is 1.73 bits per heavy atom. The molecule has 0 aromatic rings. The van der Waals surface area contributed by atoms with Crippen LogP contribution in [-0.2, 0) is 19.0 Å². The monoisotopic (exact) mass is 232 g/mol. The summed E-state index contributed by atoms with van der Waals surface area (Å²) in [5.41, 5.74) is 0.730. The molecular weight excluding hydrogens is 212 g/mol. The Bertz CT molecular complexity index is 232. The van der Waals surface area contributed by atoms with Crippen molar-refractivity contribution in [1.29, 1.82) is 0 Å². The highest BCUT2D eigenvalue weighted by Gasteiger charge is 2.23. The second-order valence-corrected chi connectivity index (χ2v) is 4.68. The molecule has 4 nitrogen and oxygen atoms in total. The van der Waals surface area contributed by atoms with Gasteiger partial charge in [-0.2, -0.15) is 0 Å². The summed E-state index contributed by atoms with van der Waals surface area (Å²) in [6.45, 7) is 2.08. The summed E-state index contributed by atoms with van der Waals surface area (Å²) in [6, 6.07) is 0. The third-order valence-electron chi connectivity index (χ3n) is 2.21. The molecule has 0 heterocycles. The van der Waals surface area contributed by atoms with Gasteiger partial charge in [-0.05, 0) is 12.0 Å². The molecule has 0 saturated heterocycles. The van der Waals surface area contributed by atoms with E-state index in [2.05, 4.69) is 6.92 Å². The summed E-state index contributed by atoms with van der Waals surface area (Å²) in [6.07, 6.45) is 1.97. The van der Waals surface area contributed by atoms with Crippen LogP contribution >= 0.6 is 0 Å². The highest BCUT2D eigenvalue weighted by molar-refractivity contribution is 6.17. The Balaban J connectivity index is 5.02. The van der Waals surface area contributed by atoms with E-state index in [4.69, 9.17) is 14.2 Å². The molecule has 0 fully saturated rings. The second kappa shape index (κ2) is 7.34. The van der Waals surface area contributed by atoms with Crippen molar-refractivity contribution in [3.8, 4) is 0 Å². The van der Waals surface area contributed by atoms with Gasteiger partial charge in [0.05, 0.1) is 21.3 Å². The summed E-state index contributed by atoms with van der Waals surface area (Å²) >= 11 is 0. The van der Waals surface area contributed by atoms with Gasteiger partial charge in [0.25, 0.3) is 5.95 Å². The first kappa shape index (κ1) is 14.0. The maximum atomic E-state index is 11.6. The minimum absolute atomic E-state index is 0.206. The molecule has 0 aliphatic carbocycles. The van der Waals surface area contributed by atoms with Crippen molar-refractivity contribution >= 4 is 16.2 Å². The summed E-state index contributed by atoms with van der Waals surface area (Å²) in [4.78, 5) is 11.6. The normalized spacial score (nSPS) is 11.7. The molecule has 5 heteroatoms. The van der Waals surface area contributed by atoms with Crippen LogP contribution in [0.4, 0.5) is 0 Å². The fraction of sp³-hybridized carbons (Fsp3) is 0.700. The van der Waals surface area contributed by atoms with Gasteiger partial charge in [-0.3, -0.25) is 0 Å². The van der Waals surface area contributed by atoms with E-state index in [1.165, 1.54) is 21.3 Å². The van der Waals surface area contributed by atoms with E-state index in [-0.39, 0.29) is 17.5 Å². The van der Waals surface area contributed by atoms with E-state index in [1.807, 2.05) is 0 Å². The maximum absolute atomic E-state index is 11.6. The smallest absolute Gasteiger partial charge is 0.340 e. The van der Waals surface area contributed by atoms with E-state index >= 15 is 0 Å². The van der Waals surface area contributed by atoms with E-state index in [1.54, 1.807) is 0 Å². The molecule has 0 bridgehead atoms. The SMILES string of the molecule is CCCC([SiH3])C(C(=O)OC)=C(OC)OC. The Kier molecular flexibility index (Phi) is 6.86. The standard InChI is InChI=1S/C10H20O4Si/c1-5-6-7(15)8(9(11)12-2)10(13-3)14-4/h7H,5-6H2,1-4,15H3. The fourth-order valence-corrected chi connectivity index (χ4v) is 2.53. The van der Waals surface area contributed by atoms with Crippen molar-refractivity contribution in [3.05, 3.63) is 11.5 Å². The molecule has 0 aromatic carbocycles. The minimum Gasteiger partial charge on any atom is -0.468 e. The van der Waals surface area contributed by atoms with Gasteiger partial charge < -0.3 is 14.2 Å². The molecule has 15 heavy (non-hydrogen) atoms. The van der Waals surface area contributed by atoms with Gasteiger partial charge in [-0.25, -0.2) is 4.79 Å². The number of ether oxygens (including phenoxy) is 3. The quantitative estimate of drug-likeness (QED) is 0.291. The zero-order valence-electron chi connectivity index (χ0n) is 10.1. The van der Waals surface area contributed by atoms with Crippen LogP contribution in [0.25, 0.3) is 0 Å². The first-order valence-electron chi connectivity index (χ1n) is 5.02. The van der Waals surface area contributed by atoms with Crippen LogP contribution < -0.4 is 0 Å². The van der Waals surface area contributed by atoms with Gasteiger partial charge in [-0.15, -0.1) is 0 Å². The van der Waals surface area contributed by atoms with Gasteiger partial charge in [0.15, 0.2) is 0 Å². The average Bonchev–Trinajstić information content (AvgIpc) is 2.24. The maximum Gasteiger partial charge on any atom is 0.340 e. The zero-order chi connectivity index (χ0) is 11.8. The minimum atomic E-state index is -0.359. The molecule has 0 aliphatic rings. The van der Waals surface area contributed by atoms with Crippen LogP contribution in [0.2, 0.25) is 5.54 Å². The number of carbonyl (C=O) groups is 1. The number of methoxy groups -OCH3 is 3. The average molecular weight is 232 g/mol. The molecule has 1 atom stereocenters. The second-order valence-electron chi connectivity index (χ2n) is 3.29. The zero-order valence-corrected chi connectivity index (χ0v) is 12.1. The number of carbonyl (C=O) groups excluding carboxylic acids is 1. The van der Waals surface area contributed by atoms with Crippen LogP contribution in [0.5, 0.6) is 0 Å². The number of esters is 1. The van der Waals surface area contributed by atoms with Crippen LogP contribution in [0.15, 0.2) is 11.5 Å². The predicted molar refractivity (Wildman–Crippen MR) is 61.7 cm³/mol. The molecule has 0 amide bonds. The van der Waals surface area contributed by atoms with Gasteiger partial charge in [0, 0.05) is 10.2 Å². The summed E-state index contributed by atoms with van der Waals surface area (Å²) in [5, 5.41) is 0. The van der Waals surface area contributed by atoms with Gasteiger partial charge in [0.1, 0.15) is 5.57 Å². The van der Waals surface area contributed by atoms with Crippen molar-refractivity contribution < 1.29 is 19.0 Å². The third-order valence-corrected chi connectivity index (χ3v) is 3.37. The third kappa shape index (κ3) is 3.95. The van der Waals surface area contributed by atoms with Crippen LogP contribution in [0, 0.1) is 0 Å². The number of hydrogen-bond donors (Lipinski definition) is 0. The van der Waals surface area contributed by atoms with E-state index in [0.29, 0.717) is 5.57 Å². The molecule has 88 valence electrons. The molecule has 0 saturated carbocycles. The number of rotatable bonds is 6. The van der Waals surface area contributed by atoms with Crippen molar-refractivity contribution in [3.63, 3.8) is 0 Å². The lowest BCUT2D eigenvalue weighted by atomic mass is 10.1. The Morgan fingerprint density at radius 1 is 1.20 bits per heavy atom. The van der Waals surface area contributed by atoms with Crippen LogP contribution in [0.1, 0.15) is 19.8 Å². The fourth-order valence-electron chi connectivity index (χ4n) is 1.48. The molecule has 0 rings (SSSR count). The van der Waals surface area contributed by atoms with Crippen LogP contribution in [-0.4, -0.2) is 37.5 Å². The molecule has 0 N–H and O–H groups in total. The Morgan fingerprint density at radius 3 is 2.07 bits per heavy atom. The molecular formula is C10H20O4Si. The largest absolute Gasteiger partial charge is 0.468 e. The first-order chi connectivity index (χ1) is 7.12. The highest BCUT2D eigenvalue weighted by Crippen LogP contribution is 2.25. The molecule has 1 unspecified atom stereocenters. The van der Waals surface area contributed by atoms with Gasteiger partial charge >= 0.3 is 5.97 Å². The lowest BCUT2D eigenvalue weighted by Crippen LogP contribution is -2.15. The summed E-state index contributed by atoms with van der Waals surface area (Å²) < 4.78 is 14.8. The molecule has 0 radical (unpaired) electrons. The Labute approximate surface area is 94.0 Å². The summed E-state index contributed by atoms with van der Waals surface area (Å²) in [5.74, 6) is -0.0857.